The molecule has 0 aliphatic rings. The van der Waals surface area contributed by atoms with Crippen LogP contribution in [0.25, 0.3) is 16.1 Å². The summed E-state index contributed by atoms with van der Waals surface area (Å²) in [5.74, 6) is 0. The van der Waals surface area contributed by atoms with E-state index >= 15 is 0 Å². The summed E-state index contributed by atoms with van der Waals surface area (Å²) in [5, 5.41) is 3.88. The highest BCUT2D eigenvalue weighted by molar-refractivity contribution is 7.81. The summed E-state index contributed by atoms with van der Waals surface area (Å²) >= 11 is 0. The number of fused-ring (bicyclic) bond motifs is 1. The van der Waals surface area contributed by atoms with Crippen LogP contribution in [-0.4, -0.2) is 5.66 Å². The Kier molecular flexibility index (Phi) is 4.58. The van der Waals surface area contributed by atoms with Crippen LogP contribution in [0.3, 0.4) is 0 Å². The van der Waals surface area contributed by atoms with Crippen molar-refractivity contribution in [3.63, 3.8) is 0 Å². The minimum absolute atomic E-state index is 0.0179. The number of rotatable bonds is 4. The minimum Gasteiger partial charge on any atom is -0.313 e. The SMILES string of the molecule is C=C=C(c1ccc2ccccc2c1)[P@@](=O)(c1ccccc1)C(C)C. The van der Waals surface area contributed by atoms with Gasteiger partial charge in [0.25, 0.3) is 0 Å². The van der Waals surface area contributed by atoms with Crippen molar-refractivity contribution in [2.45, 2.75) is 19.5 Å². The molecule has 0 heterocycles. The molecule has 0 unspecified atom stereocenters. The molecule has 3 rings (SSSR count). The maximum atomic E-state index is 14.0. The summed E-state index contributed by atoms with van der Waals surface area (Å²) in [6, 6.07) is 24.1. The molecule has 0 spiro atoms. The van der Waals surface area contributed by atoms with Crippen LogP contribution in [0.4, 0.5) is 0 Å². The molecule has 0 aromatic heterocycles. The predicted octanol–water partition coefficient (Wildman–Crippen LogP) is 6.06. The second-order valence-electron chi connectivity index (χ2n) is 6.17. The molecule has 0 amide bonds. The van der Waals surface area contributed by atoms with E-state index in [1.807, 2.05) is 62.4 Å². The largest absolute Gasteiger partial charge is 0.313 e. The van der Waals surface area contributed by atoms with Gasteiger partial charge >= 0.3 is 0 Å². The third-order valence-electron chi connectivity index (χ3n) is 4.39. The Hall–Kier alpha value is -2.33. The van der Waals surface area contributed by atoms with E-state index in [1.165, 1.54) is 5.39 Å². The molecule has 0 fully saturated rings. The van der Waals surface area contributed by atoms with Crippen LogP contribution in [0.5, 0.6) is 0 Å². The quantitative estimate of drug-likeness (QED) is 0.419. The van der Waals surface area contributed by atoms with Crippen LogP contribution in [0.2, 0.25) is 0 Å². The van der Waals surface area contributed by atoms with Gasteiger partial charge in [-0.15, -0.1) is 5.73 Å². The third kappa shape index (κ3) is 2.78. The fraction of sp³-hybridized carbons (Fsp3) is 0.136. The lowest BCUT2D eigenvalue weighted by Gasteiger charge is -2.25. The van der Waals surface area contributed by atoms with E-state index in [1.54, 1.807) is 0 Å². The molecule has 1 nitrogen and oxygen atoms in total. The van der Waals surface area contributed by atoms with Gasteiger partial charge in [-0.3, -0.25) is 0 Å². The van der Waals surface area contributed by atoms with Crippen LogP contribution in [-0.2, 0) is 4.57 Å². The highest BCUT2D eigenvalue weighted by atomic mass is 31.2. The van der Waals surface area contributed by atoms with Crippen molar-refractivity contribution in [3.05, 3.63) is 90.7 Å². The van der Waals surface area contributed by atoms with Gasteiger partial charge in [0, 0.05) is 11.0 Å². The van der Waals surface area contributed by atoms with Gasteiger partial charge in [0.15, 0.2) is 7.14 Å². The Morgan fingerprint density at radius 2 is 1.54 bits per heavy atom. The molecular weight excluding hydrogens is 311 g/mol. The van der Waals surface area contributed by atoms with E-state index in [9.17, 15) is 4.57 Å². The molecule has 2 heteroatoms. The van der Waals surface area contributed by atoms with Gasteiger partial charge in [-0.2, -0.15) is 0 Å². The van der Waals surface area contributed by atoms with Crippen molar-refractivity contribution in [1.29, 1.82) is 0 Å². The Morgan fingerprint density at radius 3 is 2.17 bits per heavy atom. The lowest BCUT2D eigenvalue weighted by atomic mass is 10.1. The molecule has 120 valence electrons. The zero-order valence-corrected chi connectivity index (χ0v) is 15.0. The van der Waals surface area contributed by atoms with Gasteiger partial charge in [0.2, 0.25) is 0 Å². The van der Waals surface area contributed by atoms with Crippen molar-refractivity contribution in [2.75, 3.05) is 0 Å². The number of hydrogen-bond acceptors (Lipinski definition) is 1. The Morgan fingerprint density at radius 1 is 0.917 bits per heavy atom. The molecule has 0 saturated heterocycles. The lowest BCUT2D eigenvalue weighted by molar-refractivity contribution is 0.582. The highest BCUT2D eigenvalue weighted by Gasteiger charge is 2.34. The number of benzene rings is 3. The molecule has 0 N–H and O–H groups in total. The van der Waals surface area contributed by atoms with Crippen LogP contribution in [0.1, 0.15) is 19.4 Å². The summed E-state index contributed by atoms with van der Waals surface area (Å²) in [5.41, 5.74) is 3.92. The lowest BCUT2D eigenvalue weighted by Crippen LogP contribution is -2.13. The zero-order valence-electron chi connectivity index (χ0n) is 14.1. The van der Waals surface area contributed by atoms with E-state index in [0.717, 1.165) is 21.6 Å². The van der Waals surface area contributed by atoms with Gasteiger partial charge in [-0.1, -0.05) is 87.2 Å². The van der Waals surface area contributed by atoms with Crippen LogP contribution in [0, 0.1) is 0 Å². The fourth-order valence-corrected chi connectivity index (χ4v) is 5.83. The van der Waals surface area contributed by atoms with Crippen molar-refractivity contribution < 1.29 is 4.57 Å². The average molecular weight is 332 g/mol. The Bertz CT molecular complexity index is 963. The van der Waals surface area contributed by atoms with E-state index < -0.39 is 7.14 Å². The van der Waals surface area contributed by atoms with Crippen molar-refractivity contribution in [1.82, 2.24) is 0 Å². The normalized spacial score (nSPS) is 13.5. The smallest absolute Gasteiger partial charge is 0.153 e. The molecule has 24 heavy (non-hydrogen) atoms. The Labute approximate surface area is 143 Å². The Balaban J connectivity index is 2.21. The van der Waals surface area contributed by atoms with Crippen molar-refractivity contribution >= 4 is 28.5 Å². The molecule has 0 aliphatic carbocycles. The molecule has 0 bridgehead atoms. The van der Waals surface area contributed by atoms with Gasteiger partial charge in [0.05, 0.1) is 5.31 Å². The van der Waals surface area contributed by atoms with E-state index in [4.69, 9.17) is 0 Å². The molecule has 3 aromatic carbocycles. The monoisotopic (exact) mass is 332 g/mol. The molecule has 0 aliphatic heterocycles. The average Bonchev–Trinajstić information content (AvgIpc) is 2.62. The molecular formula is C22H21OP. The summed E-state index contributed by atoms with van der Waals surface area (Å²) in [6.07, 6.45) is 0. The first-order valence-corrected chi connectivity index (χ1v) is 9.90. The second-order valence-corrected chi connectivity index (χ2v) is 9.49. The van der Waals surface area contributed by atoms with E-state index in [2.05, 4.69) is 36.6 Å². The molecule has 3 aromatic rings. The van der Waals surface area contributed by atoms with Gasteiger partial charge in [-0.25, -0.2) is 0 Å². The summed E-state index contributed by atoms with van der Waals surface area (Å²) in [7, 11) is -2.81. The first-order chi connectivity index (χ1) is 11.6. The first kappa shape index (κ1) is 16.5. The topological polar surface area (TPSA) is 17.1 Å². The molecule has 1 atom stereocenters. The summed E-state index contributed by atoms with van der Waals surface area (Å²) in [6.45, 7) is 7.87. The molecule has 0 radical (unpaired) electrons. The van der Waals surface area contributed by atoms with Gasteiger partial charge in [-0.05, 0) is 22.4 Å². The predicted molar refractivity (Wildman–Crippen MR) is 105 cm³/mol. The van der Waals surface area contributed by atoms with Gasteiger partial charge in [0.1, 0.15) is 0 Å². The molecule has 0 saturated carbocycles. The minimum atomic E-state index is -2.81. The van der Waals surface area contributed by atoms with Crippen molar-refractivity contribution in [3.8, 4) is 0 Å². The summed E-state index contributed by atoms with van der Waals surface area (Å²) < 4.78 is 14.0. The van der Waals surface area contributed by atoms with Crippen LogP contribution < -0.4 is 5.30 Å². The third-order valence-corrected chi connectivity index (χ3v) is 7.99. The van der Waals surface area contributed by atoms with E-state index in [0.29, 0.717) is 0 Å². The zero-order chi connectivity index (χ0) is 17.2. The first-order valence-electron chi connectivity index (χ1n) is 8.12. The van der Waals surface area contributed by atoms with E-state index in [-0.39, 0.29) is 5.66 Å². The fourth-order valence-electron chi connectivity index (χ4n) is 3.08. The van der Waals surface area contributed by atoms with Crippen molar-refractivity contribution in [2.24, 2.45) is 0 Å². The standard InChI is InChI=1S/C22H21OP/c1-4-22(20-15-14-18-10-8-9-11-19(18)16-20)24(23,17(2)3)21-12-6-5-7-13-21/h5-17H,1H2,2-3H3/t24-/m0/s1. The van der Waals surface area contributed by atoms with Crippen LogP contribution >= 0.6 is 7.14 Å². The maximum absolute atomic E-state index is 14.0. The second kappa shape index (κ2) is 6.65. The van der Waals surface area contributed by atoms with Crippen LogP contribution in [0.15, 0.2) is 85.1 Å². The summed E-state index contributed by atoms with van der Waals surface area (Å²) in [4.78, 5) is 0. The number of hydrogen-bond donors (Lipinski definition) is 0. The maximum Gasteiger partial charge on any atom is 0.153 e. The highest BCUT2D eigenvalue weighted by Crippen LogP contribution is 2.60. The van der Waals surface area contributed by atoms with Gasteiger partial charge < -0.3 is 4.57 Å².